The van der Waals surface area contributed by atoms with E-state index in [1.54, 1.807) is 0 Å². The topological polar surface area (TPSA) is 20.2 Å². The molecule has 0 saturated heterocycles. The van der Waals surface area contributed by atoms with Crippen LogP contribution in [-0.2, 0) is 0 Å². The highest BCUT2D eigenvalue weighted by molar-refractivity contribution is 4.90. The zero-order valence-electron chi connectivity index (χ0n) is 9.72. The van der Waals surface area contributed by atoms with Crippen molar-refractivity contribution >= 4 is 0 Å². The molecule has 1 rings (SSSR count). The van der Waals surface area contributed by atoms with Gasteiger partial charge in [-0.05, 0) is 43.4 Å². The van der Waals surface area contributed by atoms with Gasteiger partial charge in [0.25, 0.3) is 0 Å². The van der Waals surface area contributed by atoms with E-state index in [0.29, 0.717) is 11.3 Å². The maximum Gasteiger partial charge on any atom is 0.0645 e. The average molecular weight is 184 g/mol. The lowest BCUT2D eigenvalue weighted by atomic mass is 9.65. The predicted molar refractivity (Wildman–Crippen MR) is 56.6 cm³/mol. The molecule has 78 valence electrons. The minimum absolute atomic E-state index is 0.408. The van der Waals surface area contributed by atoms with Crippen molar-refractivity contribution in [2.45, 2.75) is 59.5 Å². The summed E-state index contributed by atoms with van der Waals surface area (Å²) in [5.41, 5.74) is -0.00743. The lowest BCUT2D eigenvalue weighted by molar-refractivity contribution is -0.0545. The van der Waals surface area contributed by atoms with Crippen LogP contribution in [-0.4, -0.2) is 10.7 Å². The van der Waals surface area contributed by atoms with Crippen molar-refractivity contribution in [3.05, 3.63) is 0 Å². The molecule has 1 heteroatoms. The Morgan fingerprint density at radius 1 is 1.31 bits per heavy atom. The molecular formula is C12H24O. The molecule has 0 aromatic carbocycles. The molecule has 3 atom stereocenters. The van der Waals surface area contributed by atoms with E-state index in [1.165, 1.54) is 12.8 Å². The van der Waals surface area contributed by atoms with Crippen molar-refractivity contribution in [1.29, 1.82) is 0 Å². The summed E-state index contributed by atoms with van der Waals surface area (Å²) in [5, 5.41) is 10.0. The Kier molecular flexibility index (Phi) is 2.78. The van der Waals surface area contributed by atoms with Crippen molar-refractivity contribution in [3.63, 3.8) is 0 Å². The largest absolute Gasteiger partial charge is 0.390 e. The lowest BCUT2D eigenvalue weighted by Crippen LogP contribution is -2.41. The van der Waals surface area contributed by atoms with E-state index in [-0.39, 0.29) is 0 Å². The summed E-state index contributed by atoms with van der Waals surface area (Å²) < 4.78 is 0. The monoisotopic (exact) mass is 184 g/mol. The van der Waals surface area contributed by atoms with E-state index in [9.17, 15) is 5.11 Å². The van der Waals surface area contributed by atoms with E-state index in [4.69, 9.17) is 0 Å². The van der Waals surface area contributed by atoms with Gasteiger partial charge in [0.15, 0.2) is 0 Å². The zero-order chi connectivity index (χ0) is 10.3. The summed E-state index contributed by atoms with van der Waals surface area (Å²) in [6.07, 6.45) is 3.33. The number of hydrogen-bond acceptors (Lipinski definition) is 1. The summed E-state index contributed by atoms with van der Waals surface area (Å²) in [6.45, 7) is 11.1. The molecule has 1 N–H and O–H groups in total. The Morgan fingerprint density at radius 3 is 2.23 bits per heavy atom. The molecule has 0 radical (unpaired) electrons. The van der Waals surface area contributed by atoms with Crippen LogP contribution in [0.2, 0.25) is 0 Å². The van der Waals surface area contributed by atoms with Gasteiger partial charge in [-0.15, -0.1) is 0 Å². The molecule has 3 unspecified atom stereocenters. The molecule has 0 amide bonds. The van der Waals surface area contributed by atoms with Crippen molar-refractivity contribution in [2.75, 3.05) is 0 Å². The second kappa shape index (κ2) is 3.27. The van der Waals surface area contributed by atoms with Gasteiger partial charge in [0.2, 0.25) is 0 Å². The summed E-state index contributed by atoms with van der Waals surface area (Å²) in [4.78, 5) is 0. The van der Waals surface area contributed by atoms with Crippen LogP contribution < -0.4 is 0 Å². The molecule has 1 aliphatic carbocycles. The average Bonchev–Trinajstić information content (AvgIpc) is 1.92. The predicted octanol–water partition coefficient (Wildman–Crippen LogP) is 3.22. The Balaban J connectivity index is 2.61. The first-order chi connectivity index (χ1) is 5.73. The van der Waals surface area contributed by atoms with Gasteiger partial charge >= 0.3 is 0 Å². The summed E-state index contributed by atoms with van der Waals surface area (Å²) in [6, 6.07) is 0. The van der Waals surface area contributed by atoms with Crippen LogP contribution in [0.25, 0.3) is 0 Å². The van der Waals surface area contributed by atoms with Crippen molar-refractivity contribution < 1.29 is 5.11 Å². The highest BCUT2D eigenvalue weighted by Crippen LogP contribution is 2.43. The van der Waals surface area contributed by atoms with Gasteiger partial charge in [-0.1, -0.05) is 27.7 Å². The molecule has 0 spiro atoms. The van der Waals surface area contributed by atoms with E-state index in [1.807, 2.05) is 6.92 Å². The fraction of sp³-hybridized carbons (Fsp3) is 1.00. The number of rotatable bonds is 0. The highest BCUT2D eigenvalue weighted by atomic mass is 16.3. The van der Waals surface area contributed by atoms with Crippen LogP contribution in [0.5, 0.6) is 0 Å². The minimum atomic E-state index is -0.415. The second-order valence-electron chi connectivity index (χ2n) is 6.10. The number of aliphatic hydroxyl groups is 1. The molecular weight excluding hydrogens is 160 g/mol. The standard InChI is InChI=1S/C12H24O/c1-9-8-10(11(2,3)4)6-7-12(9,5)13/h9-10,13H,6-8H2,1-5H3. The Labute approximate surface area is 82.5 Å². The second-order valence-corrected chi connectivity index (χ2v) is 6.10. The lowest BCUT2D eigenvalue weighted by Gasteiger charge is -2.43. The van der Waals surface area contributed by atoms with Gasteiger partial charge in [-0.25, -0.2) is 0 Å². The normalized spacial score (nSPS) is 42.0. The van der Waals surface area contributed by atoms with Crippen molar-refractivity contribution in [2.24, 2.45) is 17.3 Å². The maximum atomic E-state index is 10.0. The van der Waals surface area contributed by atoms with Gasteiger partial charge in [-0.3, -0.25) is 0 Å². The van der Waals surface area contributed by atoms with Crippen LogP contribution >= 0.6 is 0 Å². The number of hydrogen-bond donors (Lipinski definition) is 1. The van der Waals surface area contributed by atoms with Crippen LogP contribution in [0, 0.1) is 17.3 Å². The first-order valence-corrected chi connectivity index (χ1v) is 5.46. The molecule has 13 heavy (non-hydrogen) atoms. The van der Waals surface area contributed by atoms with Crippen molar-refractivity contribution in [3.8, 4) is 0 Å². The van der Waals surface area contributed by atoms with Crippen LogP contribution in [0.1, 0.15) is 53.9 Å². The zero-order valence-corrected chi connectivity index (χ0v) is 9.72. The van der Waals surface area contributed by atoms with E-state index >= 15 is 0 Å². The third kappa shape index (κ3) is 2.46. The van der Waals surface area contributed by atoms with Gasteiger partial charge in [0.1, 0.15) is 0 Å². The molecule has 0 heterocycles. The minimum Gasteiger partial charge on any atom is -0.390 e. The molecule has 1 aliphatic rings. The Morgan fingerprint density at radius 2 is 1.85 bits per heavy atom. The Hall–Kier alpha value is -0.0400. The molecule has 0 aromatic rings. The van der Waals surface area contributed by atoms with Crippen LogP contribution in [0.4, 0.5) is 0 Å². The summed E-state index contributed by atoms with van der Waals surface area (Å²) in [5.74, 6) is 1.23. The molecule has 1 fully saturated rings. The fourth-order valence-electron chi connectivity index (χ4n) is 2.30. The van der Waals surface area contributed by atoms with Gasteiger partial charge < -0.3 is 5.11 Å². The van der Waals surface area contributed by atoms with Gasteiger partial charge in [0, 0.05) is 0 Å². The molecule has 1 nitrogen and oxygen atoms in total. The first kappa shape index (κ1) is 11.0. The van der Waals surface area contributed by atoms with Gasteiger partial charge in [0.05, 0.1) is 5.60 Å². The molecule has 0 aliphatic heterocycles. The SMILES string of the molecule is CC1CC(C(C)(C)C)CCC1(C)O. The maximum absolute atomic E-state index is 10.0. The van der Waals surface area contributed by atoms with Crippen molar-refractivity contribution in [1.82, 2.24) is 0 Å². The third-order valence-corrected chi connectivity index (χ3v) is 3.92. The summed E-state index contributed by atoms with van der Waals surface area (Å²) in [7, 11) is 0. The smallest absolute Gasteiger partial charge is 0.0645 e. The van der Waals surface area contributed by atoms with Crippen LogP contribution in [0.3, 0.4) is 0 Å². The molecule has 1 saturated carbocycles. The van der Waals surface area contributed by atoms with Crippen LogP contribution in [0.15, 0.2) is 0 Å². The summed E-state index contributed by atoms with van der Waals surface area (Å²) >= 11 is 0. The Bertz CT molecular complexity index is 176. The first-order valence-electron chi connectivity index (χ1n) is 5.46. The third-order valence-electron chi connectivity index (χ3n) is 3.92. The van der Waals surface area contributed by atoms with E-state index in [2.05, 4.69) is 27.7 Å². The quantitative estimate of drug-likeness (QED) is 0.613. The van der Waals surface area contributed by atoms with E-state index < -0.39 is 5.60 Å². The molecule has 0 bridgehead atoms. The molecule has 0 aromatic heterocycles. The van der Waals surface area contributed by atoms with Gasteiger partial charge in [-0.2, -0.15) is 0 Å². The fourth-order valence-corrected chi connectivity index (χ4v) is 2.30. The van der Waals surface area contributed by atoms with E-state index in [0.717, 1.165) is 12.3 Å². The highest BCUT2D eigenvalue weighted by Gasteiger charge is 2.39.